The molecule has 0 aliphatic carbocycles. The number of piperazine rings is 1. The second-order valence-electron chi connectivity index (χ2n) is 6.43. The average molecular weight is 359 g/mol. The molecule has 0 saturated carbocycles. The normalized spacial score (nSPS) is 15.1. The van der Waals surface area contributed by atoms with Crippen molar-refractivity contribution in [1.82, 2.24) is 15.0 Å². The molecule has 1 aromatic carbocycles. The van der Waals surface area contributed by atoms with Crippen molar-refractivity contribution in [3.63, 3.8) is 0 Å². The van der Waals surface area contributed by atoms with Gasteiger partial charge in [0.15, 0.2) is 11.5 Å². The fourth-order valence-corrected chi connectivity index (χ4v) is 3.14. The van der Waals surface area contributed by atoms with Crippen LogP contribution in [0.4, 0.5) is 0 Å². The van der Waals surface area contributed by atoms with Crippen LogP contribution in [0.2, 0.25) is 0 Å². The van der Waals surface area contributed by atoms with E-state index in [-0.39, 0.29) is 5.91 Å². The molecule has 0 radical (unpaired) electrons. The molecule has 0 atom stereocenters. The average Bonchev–Trinajstić information content (AvgIpc) is 3.06. The van der Waals surface area contributed by atoms with Gasteiger partial charge in [0.05, 0.1) is 26.8 Å². The molecule has 26 heavy (non-hydrogen) atoms. The van der Waals surface area contributed by atoms with Gasteiger partial charge in [-0.05, 0) is 24.6 Å². The molecule has 7 nitrogen and oxygen atoms in total. The van der Waals surface area contributed by atoms with E-state index in [1.54, 1.807) is 20.4 Å². The molecule has 1 aliphatic heterocycles. The molecule has 0 bridgehead atoms. The number of hydrogen-bond acceptors (Lipinski definition) is 6. The summed E-state index contributed by atoms with van der Waals surface area (Å²) < 4.78 is 15.7. The minimum absolute atomic E-state index is 0.137. The number of aryl methyl sites for hydroxylation is 1. The number of ether oxygens (including phenoxy) is 2. The van der Waals surface area contributed by atoms with Crippen LogP contribution in [0.5, 0.6) is 11.5 Å². The smallest absolute Gasteiger partial charge is 0.227 e. The monoisotopic (exact) mass is 359 g/mol. The van der Waals surface area contributed by atoms with Crippen LogP contribution in [0, 0.1) is 6.92 Å². The lowest BCUT2D eigenvalue weighted by molar-refractivity contribution is -0.132. The second-order valence-corrected chi connectivity index (χ2v) is 6.43. The molecule has 7 heteroatoms. The Morgan fingerprint density at radius 1 is 1.15 bits per heavy atom. The fraction of sp³-hybridized carbons (Fsp3) is 0.474. The van der Waals surface area contributed by atoms with Gasteiger partial charge in [-0.15, -0.1) is 0 Å². The van der Waals surface area contributed by atoms with E-state index in [0.717, 1.165) is 49.6 Å². The third-order valence-corrected chi connectivity index (χ3v) is 4.77. The van der Waals surface area contributed by atoms with E-state index in [2.05, 4.69) is 10.1 Å². The van der Waals surface area contributed by atoms with Crippen molar-refractivity contribution in [1.29, 1.82) is 0 Å². The largest absolute Gasteiger partial charge is 0.493 e. The molecule has 0 unspecified atom stereocenters. The van der Waals surface area contributed by atoms with Gasteiger partial charge in [-0.2, -0.15) is 0 Å². The Hall–Kier alpha value is -2.54. The number of amides is 1. The molecule has 0 spiro atoms. The Kier molecular flexibility index (Phi) is 5.78. The molecule has 1 aromatic heterocycles. The van der Waals surface area contributed by atoms with E-state index in [0.29, 0.717) is 17.9 Å². The number of carbonyl (C=O) groups excluding carboxylic acids is 1. The summed E-state index contributed by atoms with van der Waals surface area (Å²) in [6.07, 6.45) is 2.13. The van der Waals surface area contributed by atoms with Crippen LogP contribution < -0.4 is 9.47 Å². The second kappa shape index (κ2) is 8.23. The summed E-state index contributed by atoms with van der Waals surface area (Å²) in [4.78, 5) is 16.9. The highest BCUT2D eigenvalue weighted by Crippen LogP contribution is 2.28. The van der Waals surface area contributed by atoms with E-state index in [1.165, 1.54) is 0 Å². The SMILES string of the molecule is COc1ccc(CC(=O)N2CCN(Cc3cnoc3C)CC2)cc1OC. The molecule has 0 N–H and O–H groups in total. The topological polar surface area (TPSA) is 68.0 Å². The zero-order valence-corrected chi connectivity index (χ0v) is 15.5. The Balaban J connectivity index is 1.53. The van der Waals surface area contributed by atoms with E-state index >= 15 is 0 Å². The highest BCUT2D eigenvalue weighted by Gasteiger charge is 2.22. The quantitative estimate of drug-likeness (QED) is 0.785. The van der Waals surface area contributed by atoms with Gasteiger partial charge >= 0.3 is 0 Å². The number of methoxy groups -OCH3 is 2. The van der Waals surface area contributed by atoms with Crippen LogP contribution in [0.15, 0.2) is 28.9 Å². The van der Waals surface area contributed by atoms with Crippen LogP contribution in [0.1, 0.15) is 16.9 Å². The number of rotatable bonds is 6. The first-order chi connectivity index (χ1) is 12.6. The van der Waals surface area contributed by atoms with Crippen molar-refractivity contribution in [3.05, 3.63) is 41.3 Å². The molecular formula is C19H25N3O4. The zero-order valence-electron chi connectivity index (χ0n) is 15.5. The van der Waals surface area contributed by atoms with E-state index in [9.17, 15) is 4.79 Å². The lowest BCUT2D eigenvalue weighted by Gasteiger charge is -2.34. The van der Waals surface area contributed by atoms with E-state index < -0.39 is 0 Å². The van der Waals surface area contributed by atoms with Crippen molar-refractivity contribution in [2.24, 2.45) is 0 Å². The summed E-state index contributed by atoms with van der Waals surface area (Å²) in [7, 11) is 3.20. The third kappa shape index (κ3) is 4.16. The highest BCUT2D eigenvalue weighted by molar-refractivity contribution is 5.79. The molecule has 1 aliphatic rings. The van der Waals surface area contributed by atoms with Gasteiger partial charge in [0.1, 0.15) is 5.76 Å². The molecule has 1 saturated heterocycles. The summed E-state index contributed by atoms with van der Waals surface area (Å²) in [5.74, 6) is 2.31. The van der Waals surface area contributed by atoms with Crippen molar-refractivity contribution in [2.75, 3.05) is 40.4 Å². The van der Waals surface area contributed by atoms with E-state index in [1.807, 2.05) is 30.0 Å². The van der Waals surface area contributed by atoms with E-state index in [4.69, 9.17) is 14.0 Å². The molecule has 140 valence electrons. The summed E-state index contributed by atoms with van der Waals surface area (Å²) in [5.41, 5.74) is 2.03. The number of nitrogens with zero attached hydrogens (tertiary/aromatic N) is 3. The molecule has 2 aromatic rings. The lowest BCUT2D eigenvalue weighted by atomic mass is 10.1. The number of carbonyl (C=O) groups is 1. The van der Waals surface area contributed by atoms with Crippen molar-refractivity contribution >= 4 is 5.91 Å². The van der Waals surface area contributed by atoms with Gasteiger partial charge in [-0.1, -0.05) is 11.2 Å². The summed E-state index contributed by atoms with van der Waals surface area (Å²) in [5, 5.41) is 3.82. The maximum Gasteiger partial charge on any atom is 0.227 e. The molecular weight excluding hydrogens is 334 g/mol. The minimum atomic E-state index is 0.137. The predicted molar refractivity (Wildman–Crippen MR) is 96.3 cm³/mol. The lowest BCUT2D eigenvalue weighted by Crippen LogP contribution is -2.48. The van der Waals surface area contributed by atoms with Crippen molar-refractivity contribution in [3.8, 4) is 11.5 Å². The first-order valence-electron chi connectivity index (χ1n) is 8.72. The predicted octanol–water partition coefficient (Wildman–Crippen LogP) is 1.89. The Morgan fingerprint density at radius 3 is 2.50 bits per heavy atom. The van der Waals surface area contributed by atoms with Gasteiger partial charge in [0, 0.05) is 38.3 Å². The van der Waals surface area contributed by atoms with Gasteiger partial charge in [-0.25, -0.2) is 0 Å². The Bertz CT molecular complexity index is 751. The van der Waals surface area contributed by atoms with Gasteiger partial charge in [0.25, 0.3) is 0 Å². The molecule has 1 fully saturated rings. The molecule has 3 rings (SSSR count). The Labute approximate surface area is 153 Å². The van der Waals surface area contributed by atoms with Crippen molar-refractivity contribution < 1.29 is 18.8 Å². The minimum Gasteiger partial charge on any atom is -0.493 e. The fourth-order valence-electron chi connectivity index (χ4n) is 3.14. The molecule has 2 heterocycles. The van der Waals surface area contributed by atoms with Gasteiger partial charge in [-0.3, -0.25) is 9.69 Å². The van der Waals surface area contributed by atoms with Crippen LogP contribution in [0.25, 0.3) is 0 Å². The summed E-state index contributed by atoms with van der Waals surface area (Å²) in [6.45, 7) is 5.90. The zero-order chi connectivity index (χ0) is 18.5. The standard InChI is InChI=1S/C19H25N3O4/c1-14-16(12-20-26-14)13-21-6-8-22(9-7-21)19(23)11-15-4-5-17(24-2)18(10-15)25-3/h4-5,10,12H,6-9,11,13H2,1-3H3. The van der Waals surface area contributed by atoms with Crippen LogP contribution in [0.3, 0.4) is 0 Å². The van der Waals surface area contributed by atoms with Crippen LogP contribution in [-0.4, -0.2) is 61.3 Å². The first-order valence-corrected chi connectivity index (χ1v) is 8.72. The maximum absolute atomic E-state index is 12.6. The van der Waals surface area contributed by atoms with Crippen LogP contribution in [-0.2, 0) is 17.8 Å². The number of aromatic nitrogens is 1. The van der Waals surface area contributed by atoms with Crippen molar-refractivity contribution in [2.45, 2.75) is 19.9 Å². The molecule has 1 amide bonds. The summed E-state index contributed by atoms with van der Waals surface area (Å²) in [6, 6.07) is 5.60. The Morgan fingerprint density at radius 2 is 1.88 bits per heavy atom. The summed E-state index contributed by atoms with van der Waals surface area (Å²) >= 11 is 0. The number of benzene rings is 1. The highest BCUT2D eigenvalue weighted by atomic mass is 16.5. The first kappa shape index (κ1) is 18.3. The van der Waals surface area contributed by atoms with Gasteiger partial charge in [0.2, 0.25) is 5.91 Å². The third-order valence-electron chi connectivity index (χ3n) is 4.77. The maximum atomic E-state index is 12.6. The number of hydrogen-bond donors (Lipinski definition) is 0. The van der Waals surface area contributed by atoms with Gasteiger partial charge < -0.3 is 18.9 Å². The van der Waals surface area contributed by atoms with Crippen LogP contribution >= 0.6 is 0 Å².